The smallest absolute Gasteiger partial charge is 0.244 e. The summed E-state index contributed by atoms with van der Waals surface area (Å²) in [6.07, 6.45) is 0.366. The Morgan fingerprint density at radius 3 is 2.00 bits per heavy atom. The fourth-order valence-corrected chi connectivity index (χ4v) is 2.96. The molecule has 0 atom stereocenters. The van der Waals surface area contributed by atoms with Crippen molar-refractivity contribution in [2.45, 2.75) is 26.3 Å². The highest BCUT2D eigenvalue weighted by Crippen LogP contribution is 2.19. The highest BCUT2D eigenvalue weighted by molar-refractivity contribution is 6.00. The molecule has 3 aromatic rings. The SMILES string of the molecule is CC(CC(=O)NCc1ccccc1)=NNC(=O)Cc1ccc(-c2ccccc2)cc1. The molecule has 0 aliphatic carbocycles. The van der Waals surface area contributed by atoms with Crippen LogP contribution in [0.15, 0.2) is 90.0 Å². The van der Waals surface area contributed by atoms with Gasteiger partial charge in [-0.2, -0.15) is 5.10 Å². The van der Waals surface area contributed by atoms with Crippen molar-refractivity contribution in [1.82, 2.24) is 10.7 Å². The lowest BCUT2D eigenvalue weighted by atomic mass is 10.0. The minimum atomic E-state index is -0.216. The third-order valence-corrected chi connectivity index (χ3v) is 4.55. The van der Waals surface area contributed by atoms with Crippen molar-refractivity contribution in [2.24, 2.45) is 5.10 Å². The number of carbonyl (C=O) groups is 2. The van der Waals surface area contributed by atoms with Crippen LogP contribution in [0.4, 0.5) is 0 Å². The van der Waals surface area contributed by atoms with Gasteiger partial charge in [0.1, 0.15) is 0 Å². The normalized spacial score (nSPS) is 11.0. The van der Waals surface area contributed by atoms with E-state index >= 15 is 0 Å². The van der Waals surface area contributed by atoms with Crippen molar-refractivity contribution < 1.29 is 9.59 Å². The molecule has 0 aliphatic rings. The van der Waals surface area contributed by atoms with Gasteiger partial charge in [0.2, 0.25) is 11.8 Å². The first-order valence-corrected chi connectivity index (χ1v) is 9.87. The summed E-state index contributed by atoms with van der Waals surface area (Å²) in [5, 5.41) is 6.88. The fraction of sp³-hybridized carbons (Fsp3) is 0.160. The van der Waals surface area contributed by atoms with Gasteiger partial charge >= 0.3 is 0 Å². The van der Waals surface area contributed by atoms with E-state index in [0.29, 0.717) is 12.3 Å². The third kappa shape index (κ3) is 6.71. The molecule has 0 bridgehead atoms. The first-order valence-electron chi connectivity index (χ1n) is 9.87. The first kappa shape index (κ1) is 21.0. The fourth-order valence-electron chi connectivity index (χ4n) is 2.96. The van der Waals surface area contributed by atoms with Crippen LogP contribution in [-0.2, 0) is 22.6 Å². The van der Waals surface area contributed by atoms with Crippen molar-refractivity contribution in [3.05, 3.63) is 96.1 Å². The largest absolute Gasteiger partial charge is 0.352 e. The zero-order valence-corrected chi connectivity index (χ0v) is 17.0. The van der Waals surface area contributed by atoms with Crippen LogP contribution < -0.4 is 10.7 Å². The Morgan fingerprint density at radius 1 is 0.733 bits per heavy atom. The Labute approximate surface area is 176 Å². The summed E-state index contributed by atoms with van der Waals surface area (Å²) < 4.78 is 0. The van der Waals surface area contributed by atoms with Gasteiger partial charge in [-0.25, -0.2) is 5.43 Å². The number of nitrogens with zero attached hydrogens (tertiary/aromatic N) is 1. The number of hydrogen-bond acceptors (Lipinski definition) is 3. The van der Waals surface area contributed by atoms with E-state index in [2.05, 4.69) is 28.0 Å². The Bertz CT molecular complexity index is 998. The maximum absolute atomic E-state index is 12.1. The topological polar surface area (TPSA) is 70.6 Å². The van der Waals surface area contributed by atoms with E-state index in [4.69, 9.17) is 0 Å². The number of rotatable bonds is 8. The lowest BCUT2D eigenvalue weighted by Gasteiger charge is -2.06. The number of nitrogens with one attached hydrogen (secondary N) is 2. The Kier molecular flexibility index (Phi) is 7.50. The average molecular weight is 399 g/mol. The van der Waals surface area contributed by atoms with Crippen molar-refractivity contribution >= 4 is 17.5 Å². The number of hydrazone groups is 1. The monoisotopic (exact) mass is 399 g/mol. The molecule has 0 radical (unpaired) electrons. The van der Waals surface area contributed by atoms with Crippen LogP contribution in [0, 0.1) is 0 Å². The molecule has 0 heterocycles. The van der Waals surface area contributed by atoms with Crippen molar-refractivity contribution in [3.8, 4) is 11.1 Å². The first-order chi connectivity index (χ1) is 14.6. The predicted octanol–water partition coefficient (Wildman–Crippen LogP) is 4.09. The molecule has 3 aromatic carbocycles. The lowest BCUT2D eigenvalue weighted by Crippen LogP contribution is -2.26. The van der Waals surface area contributed by atoms with Gasteiger partial charge in [0.05, 0.1) is 12.8 Å². The minimum absolute atomic E-state index is 0.133. The van der Waals surface area contributed by atoms with E-state index in [1.54, 1.807) is 6.92 Å². The van der Waals surface area contributed by atoms with E-state index < -0.39 is 0 Å². The molecule has 0 aromatic heterocycles. The average Bonchev–Trinajstić information content (AvgIpc) is 2.78. The van der Waals surface area contributed by atoms with Crippen LogP contribution >= 0.6 is 0 Å². The summed E-state index contributed by atoms with van der Waals surface area (Å²) in [5.41, 5.74) is 7.26. The molecule has 30 heavy (non-hydrogen) atoms. The summed E-state index contributed by atoms with van der Waals surface area (Å²) in [6.45, 7) is 2.19. The van der Waals surface area contributed by atoms with Gasteiger partial charge in [-0.05, 0) is 29.2 Å². The molecule has 0 saturated heterocycles. The summed E-state index contributed by atoms with van der Waals surface area (Å²) in [7, 11) is 0. The highest BCUT2D eigenvalue weighted by atomic mass is 16.2. The second-order valence-corrected chi connectivity index (χ2v) is 7.06. The van der Waals surface area contributed by atoms with Crippen molar-refractivity contribution in [1.29, 1.82) is 0 Å². The van der Waals surface area contributed by atoms with Crippen LogP contribution in [0.1, 0.15) is 24.5 Å². The number of benzene rings is 3. The maximum atomic E-state index is 12.1. The highest BCUT2D eigenvalue weighted by Gasteiger charge is 2.06. The number of amides is 2. The van der Waals surface area contributed by atoms with Gasteiger partial charge in [0, 0.05) is 12.3 Å². The predicted molar refractivity (Wildman–Crippen MR) is 120 cm³/mol. The van der Waals surface area contributed by atoms with Crippen LogP contribution in [0.3, 0.4) is 0 Å². The van der Waals surface area contributed by atoms with Gasteiger partial charge in [-0.3, -0.25) is 9.59 Å². The van der Waals surface area contributed by atoms with Crippen LogP contribution in [0.25, 0.3) is 11.1 Å². The molecule has 2 amide bonds. The second kappa shape index (κ2) is 10.7. The van der Waals surface area contributed by atoms with E-state index in [9.17, 15) is 9.59 Å². The van der Waals surface area contributed by atoms with Gasteiger partial charge in [0.15, 0.2) is 0 Å². The molecule has 5 nitrogen and oxygen atoms in total. The van der Waals surface area contributed by atoms with Crippen molar-refractivity contribution in [3.63, 3.8) is 0 Å². The molecule has 0 fully saturated rings. The molecular weight excluding hydrogens is 374 g/mol. The summed E-state index contributed by atoms with van der Waals surface area (Å²) in [5.74, 6) is -0.350. The van der Waals surface area contributed by atoms with E-state index in [0.717, 1.165) is 22.3 Å². The molecule has 152 valence electrons. The summed E-state index contributed by atoms with van der Waals surface area (Å²) in [4.78, 5) is 24.2. The lowest BCUT2D eigenvalue weighted by molar-refractivity contribution is -0.121. The molecule has 0 unspecified atom stereocenters. The molecule has 5 heteroatoms. The number of hydrogen-bond donors (Lipinski definition) is 2. The Balaban J connectivity index is 1.43. The standard InChI is InChI=1S/C25H25N3O2/c1-19(16-24(29)26-18-21-8-4-2-5-9-21)27-28-25(30)17-20-12-14-23(15-13-20)22-10-6-3-7-11-22/h2-15H,16-18H2,1H3,(H,26,29)(H,28,30). The zero-order chi connectivity index (χ0) is 21.2. The summed E-state index contributed by atoms with van der Waals surface area (Å²) in [6, 6.07) is 27.7. The zero-order valence-electron chi connectivity index (χ0n) is 17.0. The third-order valence-electron chi connectivity index (χ3n) is 4.55. The van der Waals surface area contributed by atoms with Crippen LogP contribution in [0.5, 0.6) is 0 Å². The van der Waals surface area contributed by atoms with Gasteiger partial charge in [-0.15, -0.1) is 0 Å². The Morgan fingerprint density at radius 2 is 1.33 bits per heavy atom. The van der Waals surface area contributed by atoms with E-state index in [1.165, 1.54) is 0 Å². The van der Waals surface area contributed by atoms with Crippen molar-refractivity contribution in [2.75, 3.05) is 0 Å². The van der Waals surface area contributed by atoms with E-state index in [-0.39, 0.29) is 24.7 Å². The molecule has 0 saturated carbocycles. The molecule has 3 rings (SSSR count). The van der Waals surface area contributed by atoms with Gasteiger partial charge in [-0.1, -0.05) is 84.9 Å². The Hall–Kier alpha value is -3.73. The molecule has 0 aliphatic heterocycles. The second-order valence-electron chi connectivity index (χ2n) is 7.06. The minimum Gasteiger partial charge on any atom is -0.352 e. The van der Waals surface area contributed by atoms with Crippen LogP contribution in [-0.4, -0.2) is 17.5 Å². The van der Waals surface area contributed by atoms with Gasteiger partial charge < -0.3 is 5.32 Å². The number of carbonyl (C=O) groups excluding carboxylic acids is 2. The molecule has 0 spiro atoms. The molecular formula is C25H25N3O2. The van der Waals surface area contributed by atoms with E-state index in [1.807, 2.05) is 72.8 Å². The van der Waals surface area contributed by atoms with Gasteiger partial charge in [0.25, 0.3) is 0 Å². The quantitative estimate of drug-likeness (QED) is 0.442. The molecule has 2 N–H and O–H groups in total. The summed E-state index contributed by atoms with van der Waals surface area (Å²) >= 11 is 0. The maximum Gasteiger partial charge on any atom is 0.244 e. The van der Waals surface area contributed by atoms with Crippen LogP contribution in [0.2, 0.25) is 0 Å².